The van der Waals surface area contributed by atoms with Crippen molar-refractivity contribution >= 4 is 21.9 Å². The number of nitrogens with zero attached hydrogens (tertiary/aromatic N) is 2. The highest BCUT2D eigenvalue weighted by atomic mass is 79.9. The van der Waals surface area contributed by atoms with Crippen molar-refractivity contribution in [3.05, 3.63) is 15.9 Å². The molecule has 0 aromatic carbocycles. The average Bonchev–Trinajstić information content (AvgIpc) is 2.57. The summed E-state index contributed by atoms with van der Waals surface area (Å²) in [6.07, 6.45) is 2.10. The van der Waals surface area contributed by atoms with Crippen LogP contribution in [0.15, 0.2) is 4.47 Å². The van der Waals surface area contributed by atoms with E-state index in [0.717, 1.165) is 15.9 Å². The second kappa shape index (κ2) is 5.25. The summed E-state index contributed by atoms with van der Waals surface area (Å²) in [6, 6.07) is 0. The molecule has 0 atom stereocenters. The number of carboxylic acids is 1. The third-order valence-electron chi connectivity index (χ3n) is 4.00. The second-order valence-corrected chi connectivity index (χ2v) is 6.27. The molecule has 0 unspecified atom stereocenters. The van der Waals surface area contributed by atoms with Crippen LogP contribution < -0.4 is 0 Å². The highest BCUT2D eigenvalue weighted by Gasteiger charge is 2.36. The molecule has 0 spiro atoms. The SMILES string of the molecule is Cc1nn(CC2(O)CCC(C(=O)O)CC2)c(C)c1Br. The first-order chi connectivity index (χ1) is 8.82. The quantitative estimate of drug-likeness (QED) is 0.891. The van der Waals surface area contributed by atoms with Crippen molar-refractivity contribution in [2.45, 2.75) is 51.7 Å². The molecule has 1 aromatic rings. The maximum Gasteiger partial charge on any atom is 0.306 e. The Hall–Kier alpha value is -0.880. The maximum absolute atomic E-state index is 10.9. The molecule has 106 valence electrons. The monoisotopic (exact) mass is 330 g/mol. The molecular formula is C13H19BrN2O3. The number of hydrogen-bond acceptors (Lipinski definition) is 3. The molecule has 1 aromatic heterocycles. The molecule has 0 radical (unpaired) electrons. The number of carboxylic acid groups (broad SMARTS) is 1. The van der Waals surface area contributed by atoms with E-state index in [4.69, 9.17) is 5.11 Å². The molecule has 1 fully saturated rings. The Bertz CT molecular complexity index is 490. The van der Waals surface area contributed by atoms with Gasteiger partial charge in [0.2, 0.25) is 0 Å². The lowest BCUT2D eigenvalue weighted by Crippen LogP contribution is -2.40. The van der Waals surface area contributed by atoms with Crippen molar-refractivity contribution in [2.75, 3.05) is 0 Å². The first-order valence-corrected chi connectivity index (χ1v) is 7.26. The van der Waals surface area contributed by atoms with Gasteiger partial charge in [-0.25, -0.2) is 0 Å². The summed E-state index contributed by atoms with van der Waals surface area (Å²) in [5.74, 6) is -1.07. The van der Waals surface area contributed by atoms with Crippen LogP contribution in [0.1, 0.15) is 37.1 Å². The zero-order valence-corrected chi connectivity index (χ0v) is 12.8. The van der Waals surface area contributed by atoms with Crippen molar-refractivity contribution in [3.63, 3.8) is 0 Å². The zero-order chi connectivity index (χ0) is 14.2. The van der Waals surface area contributed by atoms with Gasteiger partial charge in [0.15, 0.2) is 0 Å². The largest absolute Gasteiger partial charge is 0.481 e. The van der Waals surface area contributed by atoms with Gasteiger partial charge in [0, 0.05) is 5.69 Å². The predicted octanol–water partition coefficient (Wildman–Crippen LogP) is 2.27. The molecule has 0 aliphatic heterocycles. The van der Waals surface area contributed by atoms with E-state index in [1.54, 1.807) is 4.68 Å². The van der Waals surface area contributed by atoms with Crippen LogP contribution in [0.4, 0.5) is 0 Å². The summed E-state index contributed by atoms with van der Waals surface area (Å²) in [5, 5.41) is 24.0. The summed E-state index contributed by atoms with van der Waals surface area (Å²) in [5.41, 5.74) is 1.06. The topological polar surface area (TPSA) is 75.3 Å². The zero-order valence-electron chi connectivity index (χ0n) is 11.2. The minimum Gasteiger partial charge on any atom is -0.481 e. The molecule has 0 saturated heterocycles. The molecule has 19 heavy (non-hydrogen) atoms. The fraction of sp³-hybridized carbons (Fsp3) is 0.692. The molecule has 2 N–H and O–H groups in total. The van der Waals surface area contributed by atoms with Crippen LogP contribution in [0, 0.1) is 19.8 Å². The van der Waals surface area contributed by atoms with E-state index in [1.807, 2.05) is 13.8 Å². The molecule has 1 heterocycles. The number of hydrogen-bond donors (Lipinski definition) is 2. The van der Waals surface area contributed by atoms with Gasteiger partial charge in [-0.05, 0) is 55.5 Å². The lowest BCUT2D eigenvalue weighted by Gasteiger charge is -2.34. The number of aliphatic hydroxyl groups is 1. The smallest absolute Gasteiger partial charge is 0.306 e. The van der Waals surface area contributed by atoms with E-state index in [1.165, 1.54) is 0 Å². The molecule has 0 amide bonds. The van der Waals surface area contributed by atoms with Gasteiger partial charge in [-0.15, -0.1) is 0 Å². The van der Waals surface area contributed by atoms with E-state index in [2.05, 4.69) is 21.0 Å². The van der Waals surface area contributed by atoms with Gasteiger partial charge >= 0.3 is 5.97 Å². The first kappa shape index (κ1) is 14.5. The van der Waals surface area contributed by atoms with Crippen LogP contribution >= 0.6 is 15.9 Å². The third kappa shape index (κ3) is 3.00. The highest BCUT2D eigenvalue weighted by molar-refractivity contribution is 9.10. The van der Waals surface area contributed by atoms with Crippen LogP contribution in [0.25, 0.3) is 0 Å². The Morgan fingerprint density at radius 1 is 1.47 bits per heavy atom. The van der Waals surface area contributed by atoms with E-state index in [9.17, 15) is 9.90 Å². The van der Waals surface area contributed by atoms with Crippen molar-refractivity contribution in [2.24, 2.45) is 5.92 Å². The predicted molar refractivity (Wildman–Crippen MR) is 73.9 cm³/mol. The third-order valence-corrected chi connectivity index (χ3v) is 5.15. The van der Waals surface area contributed by atoms with Gasteiger partial charge in [-0.2, -0.15) is 5.10 Å². The average molecular weight is 331 g/mol. The van der Waals surface area contributed by atoms with E-state index in [0.29, 0.717) is 32.2 Å². The minimum absolute atomic E-state index is 0.313. The molecule has 0 bridgehead atoms. The Labute approximate surface area is 120 Å². The van der Waals surface area contributed by atoms with Crippen molar-refractivity contribution in [3.8, 4) is 0 Å². The second-order valence-electron chi connectivity index (χ2n) is 5.48. The van der Waals surface area contributed by atoms with Crippen molar-refractivity contribution in [1.82, 2.24) is 9.78 Å². The highest BCUT2D eigenvalue weighted by Crippen LogP contribution is 2.34. The first-order valence-electron chi connectivity index (χ1n) is 6.47. The molecule has 5 nitrogen and oxygen atoms in total. The van der Waals surface area contributed by atoms with Crippen LogP contribution in [-0.4, -0.2) is 31.6 Å². The number of rotatable bonds is 3. The normalized spacial score (nSPS) is 27.5. The van der Waals surface area contributed by atoms with Crippen LogP contribution in [-0.2, 0) is 11.3 Å². The summed E-state index contributed by atoms with van der Waals surface area (Å²) in [6.45, 7) is 4.30. The molecule has 1 saturated carbocycles. The fourth-order valence-electron chi connectivity index (χ4n) is 2.67. The van der Waals surface area contributed by atoms with Crippen LogP contribution in [0.3, 0.4) is 0 Å². The van der Waals surface area contributed by atoms with Crippen molar-refractivity contribution < 1.29 is 15.0 Å². The van der Waals surface area contributed by atoms with E-state index >= 15 is 0 Å². The Morgan fingerprint density at radius 2 is 2.05 bits per heavy atom. The van der Waals surface area contributed by atoms with Gasteiger partial charge in [0.1, 0.15) is 0 Å². The van der Waals surface area contributed by atoms with Gasteiger partial charge in [-0.3, -0.25) is 9.48 Å². The molecular weight excluding hydrogens is 312 g/mol. The summed E-state index contributed by atoms with van der Waals surface area (Å²) >= 11 is 3.47. The fourth-order valence-corrected chi connectivity index (χ4v) is 2.95. The lowest BCUT2D eigenvalue weighted by molar-refractivity contribution is -0.145. The molecule has 2 rings (SSSR count). The van der Waals surface area contributed by atoms with Gasteiger partial charge in [0.25, 0.3) is 0 Å². The number of aromatic nitrogens is 2. The van der Waals surface area contributed by atoms with Crippen molar-refractivity contribution in [1.29, 1.82) is 0 Å². The van der Waals surface area contributed by atoms with E-state index in [-0.39, 0.29) is 5.92 Å². The molecule has 1 aliphatic carbocycles. The minimum atomic E-state index is -0.839. The Balaban J connectivity index is 2.07. The van der Waals surface area contributed by atoms with Crippen LogP contribution in [0.2, 0.25) is 0 Å². The number of aryl methyl sites for hydroxylation is 1. The summed E-state index contributed by atoms with van der Waals surface area (Å²) in [7, 11) is 0. The van der Waals surface area contributed by atoms with Gasteiger partial charge in [-0.1, -0.05) is 0 Å². The Kier molecular flexibility index (Phi) is 4.01. The summed E-state index contributed by atoms with van der Waals surface area (Å²) in [4.78, 5) is 10.9. The number of aliphatic carboxylic acids is 1. The molecule has 1 aliphatic rings. The molecule has 6 heteroatoms. The van der Waals surface area contributed by atoms with E-state index < -0.39 is 11.6 Å². The lowest BCUT2D eigenvalue weighted by atomic mass is 9.79. The standard InChI is InChI=1S/C13H19BrN2O3/c1-8-11(14)9(2)16(15-8)7-13(19)5-3-10(4-6-13)12(17)18/h10,19H,3-7H2,1-2H3,(H,17,18). The number of halogens is 1. The number of carbonyl (C=O) groups is 1. The maximum atomic E-state index is 10.9. The van der Waals surface area contributed by atoms with Crippen LogP contribution in [0.5, 0.6) is 0 Å². The summed E-state index contributed by atoms with van der Waals surface area (Å²) < 4.78 is 2.77. The van der Waals surface area contributed by atoms with Gasteiger partial charge in [0.05, 0.1) is 28.2 Å². The van der Waals surface area contributed by atoms with Gasteiger partial charge < -0.3 is 10.2 Å². The Morgan fingerprint density at radius 3 is 2.47 bits per heavy atom.